The number of sulfonamides is 1. The molecule has 1 atom stereocenters. The Hall–Kier alpha value is -1.65. The molecule has 0 saturated carbocycles. The van der Waals surface area contributed by atoms with Gasteiger partial charge in [0, 0.05) is 5.75 Å². The van der Waals surface area contributed by atoms with Gasteiger partial charge in [-0.2, -0.15) is 0 Å². The Balaban J connectivity index is 2.21. The van der Waals surface area contributed by atoms with Crippen molar-refractivity contribution in [2.45, 2.75) is 44.5 Å². The van der Waals surface area contributed by atoms with Crippen molar-refractivity contribution in [3.63, 3.8) is 0 Å². The van der Waals surface area contributed by atoms with Gasteiger partial charge in [-0.3, -0.25) is 14.4 Å². The number of amides is 1. The Morgan fingerprint density at radius 2 is 1.89 bits per heavy atom. The standard InChI is InChI=1S/C18H26N4O3S3/c1-6-15(22(28(5,24)25)14-9-7-13(4)8-10-14)16(23)19-17-20-21-18(27-17)26-11-12(2)3/h7-10,12,15H,6,11H2,1-5H3,(H,19,20,23)/t15-/m1/s1. The molecule has 0 radical (unpaired) electrons. The van der Waals surface area contributed by atoms with Crippen LogP contribution in [0.1, 0.15) is 32.8 Å². The molecule has 10 heteroatoms. The number of carbonyl (C=O) groups is 1. The minimum Gasteiger partial charge on any atom is -0.299 e. The molecule has 1 N–H and O–H groups in total. The maximum atomic E-state index is 12.9. The lowest BCUT2D eigenvalue weighted by molar-refractivity contribution is -0.117. The van der Waals surface area contributed by atoms with E-state index in [-0.39, 0.29) is 0 Å². The van der Waals surface area contributed by atoms with E-state index in [1.54, 1.807) is 30.8 Å². The topological polar surface area (TPSA) is 92.3 Å². The Morgan fingerprint density at radius 3 is 2.43 bits per heavy atom. The highest BCUT2D eigenvalue weighted by Gasteiger charge is 2.32. The highest BCUT2D eigenvalue weighted by molar-refractivity contribution is 8.01. The van der Waals surface area contributed by atoms with Gasteiger partial charge in [0.1, 0.15) is 6.04 Å². The molecular formula is C18H26N4O3S3. The molecule has 0 aliphatic rings. The van der Waals surface area contributed by atoms with Gasteiger partial charge in [-0.15, -0.1) is 10.2 Å². The van der Waals surface area contributed by atoms with Crippen LogP contribution >= 0.6 is 23.1 Å². The van der Waals surface area contributed by atoms with Crippen molar-refractivity contribution in [1.82, 2.24) is 10.2 Å². The predicted octanol–water partition coefficient (Wildman–Crippen LogP) is 3.78. The van der Waals surface area contributed by atoms with Crippen molar-refractivity contribution in [2.24, 2.45) is 5.92 Å². The van der Waals surface area contributed by atoms with Gasteiger partial charge in [-0.05, 0) is 31.4 Å². The summed E-state index contributed by atoms with van der Waals surface area (Å²) in [6.07, 6.45) is 1.43. The van der Waals surface area contributed by atoms with Gasteiger partial charge in [-0.1, -0.05) is 61.6 Å². The fourth-order valence-electron chi connectivity index (χ4n) is 2.50. The molecule has 0 saturated heterocycles. The Labute approximate surface area is 175 Å². The molecule has 2 rings (SSSR count). The predicted molar refractivity (Wildman–Crippen MR) is 117 cm³/mol. The zero-order chi connectivity index (χ0) is 20.9. The molecule has 1 heterocycles. The largest absolute Gasteiger partial charge is 0.299 e. The monoisotopic (exact) mass is 442 g/mol. The molecule has 1 aromatic heterocycles. The molecule has 0 aliphatic heterocycles. The first kappa shape index (κ1) is 22.6. The van der Waals surface area contributed by atoms with Crippen LogP contribution in [-0.4, -0.2) is 42.6 Å². The van der Waals surface area contributed by atoms with E-state index < -0.39 is 22.0 Å². The van der Waals surface area contributed by atoms with Crippen molar-refractivity contribution < 1.29 is 13.2 Å². The van der Waals surface area contributed by atoms with Gasteiger partial charge < -0.3 is 0 Å². The summed E-state index contributed by atoms with van der Waals surface area (Å²) in [7, 11) is -3.66. The van der Waals surface area contributed by atoms with E-state index in [2.05, 4.69) is 29.4 Å². The number of anilines is 2. The van der Waals surface area contributed by atoms with Crippen LogP contribution in [0.5, 0.6) is 0 Å². The summed E-state index contributed by atoms with van der Waals surface area (Å²) >= 11 is 2.88. The minimum absolute atomic E-state index is 0.320. The molecule has 1 amide bonds. The van der Waals surface area contributed by atoms with E-state index in [0.29, 0.717) is 23.2 Å². The van der Waals surface area contributed by atoms with Gasteiger partial charge in [0.25, 0.3) is 0 Å². The molecule has 0 spiro atoms. The second-order valence-corrected chi connectivity index (χ2v) is 11.0. The summed E-state index contributed by atoms with van der Waals surface area (Å²) in [6, 6.07) is 6.17. The van der Waals surface area contributed by atoms with Gasteiger partial charge in [0.05, 0.1) is 11.9 Å². The molecular weight excluding hydrogens is 416 g/mol. The van der Waals surface area contributed by atoms with E-state index in [4.69, 9.17) is 0 Å². The third-order valence-corrected chi connectivity index (χ3v) is 7.37. The van der Waals surface area contributed by atoms with Crippen molar-refractivity contribution in [2.75, 3.05) is 21.6 Å². The molecule has 0 fully saturated rings. The second kappa shape index (κ2) is 9.71. The molecule has 154 valence electrons. The van der Waals surface area contributed by atoms with Gasteiger partial charge in [0.2, 0.25) is 21.1 Å². The molecule has 7 nitrogen and oxygen atoms in total. The van der Waals surface area contributed by atoms with Crippen LogP contribution in [0.2, 0.25) is 0 Å². The van der Waals surface area contributed by atoms with Crippen molar-refractivity contribution in [3.05, 3.63) is 29.8 Å². The van der Waals surface area contributed by atoms with Crippen LogP contribution in [-0.2, 0) is 14.8 Å². The van der Waals surface area contributed by atoms with E-state index in [1.807, 2.05) is 19.1 Å². The van der Waals surface area contributed by atoms with Crippen LogP contribution in [0, 0.1) is 12.8 Å². The lowest BCUT2D eigenvalue weighted by Crippen LogP contribution is -2.47. The van der Waals surface area contributed by atoms with Crippen LogP contribution in [0.15, 0.2) is 28.6 Å². The number of thioether (sulfide) groups is 1. The van der Waals surface area contributed by atoms with Gasteiger partial charge >= 0.3 is 0 Å². The summed E-state index contributed by atoms with van der Waals surface area (Å²) < 4.78 is 26.8. The van der Waals surface area contributed by atoms with Gasteiger partial charge in [0.15, 0.2) is 4.34 Å². The molecule has 28 heavy (non-hydrogen) atoms. The molecule has 2 aromatic rings. The fraction of sp³-hybridized carbons (Fsp3) is 0.500. The van der Waals surface area contributed by atoms with E-state index >= 15 is 0 Å². The van der Waals surface area contributed by atoms with Crippen LogP contribution in [0.25, 0.3) is 0 Å². The summed E-state index contributed by atoms with van der Waals surface area (Å²) in [4.78, 5) is 12.9. The van der Waals surface area contributed by atoms with Crippen LogP contribution < -0.4 is 9.62 Å². The van der Waals surface area contributed by atoms with Crippen LogP contribution in [0.3, 0.4) is 0 Å². The number of nitrogens with zero attached hydrogens (tertiary/aromatic N) is 3. The molecule has 1 aromatic carbocycles. The number of carbonyl (C=O) groups excluding carboxylic acids is 1. The van der Waals surface area contributed by atoms with Crippen LogP contribution in [0.4, 0.5) is 10.8 Å². The highest BCUT2D eigenvalue weighted by atomic mass is 32.2. The number of hydrogen-bond acceptors (Lipinski definition) is 7. The lowest BCUT2D eigenvalue weighted by Gasteiger charge is -2.29. The quantitative estimate of drug-likeness (QED) is 0.469. The first-order valence-corrected chi connectivity index (χ1v) is 12.6. The zero-order valence-corrected chi connectivity index (χ0v) is 19.1. The number of aryl methyl sites for hydroxylation is 1. The average Bonchev–Trinajstić information content (AvgIpc) is 3.05. The normalized spacial score (nSPS) is 12.8. The zero-order valence-electron chi connectivity index (χ0n) is 16.7. The van der Waals surface area contributed by atoms with Crippen molar-refractivity contribution >= 4 is 49.8 Å². The maximum Gasteiger partial charge on any atom is 0.250 e. The Morgan fingerprint density at radius 1 is 1.25 bits per heavy atom. The van der Waals surface area contributed by atoms with Crippen molar-refractivity contribution in [1.29, 1.82) is 0 Å². The Bertz CT molecular complexity index is 895. The van der Waals surface area contributed by atoms with Crippen molar-refractivity contribution in [3.8, 4) is 0 Å². The number of nitrogens with one attached hydrogen (secondary N) is 1. The second-order valence-electron chi connectivity index (χ2n) is 6.89. The summed E-state index contributed by atoms with van der Waals surface area (Å²) in [5.41, 5.74) is 1.47. The molecule has 0 unspecified atom stereocenters. The summed E-state index contributed by atoms with van der Waals surface area (Å²) in [6.45, 7) is 7.93. The lowest BCUT2D eigenvalue weighted by atomic mass is 10.1. The highest BCUT2D eigenvalue weighted by Crippen LogP contribution is 2.28. The molecule has 0 bridgehead atoms. The average molecular weight is 443 g/mol. The van der Waals surface area contributed by atoms with E-state index in [9.17, 15) is 13.2 Å². The fourth-order valence-corrected chi connectivity index (χ4v) is 5.44. The number of benzene rings is 1. The number of rotatable bonds is 9. The third kappa shape index (κ3) is 6.18. The number of aromatic nitrogens is 2. The summed E-state index contributed by atoms with van der Waals surface area (Å²) in [5, 5.41) is 11.2. The maximum absolute atomic E-state index is 12.9. The van der Waals surface area contributed by atoms with E-state index in [0.717, 1.165) is 26.2 Å². The SMILES string of the molecule is CC[C@H](C(=O)Nc1nnc(SCC(C)C)s1)N(c1ccc(C)cc1)S(C)(=O)=O. The Kier molecular flexibility index (Phi) is 7.85. The van der Waals surface area contributed by atoms with Gasteiger partial charge in [-0.25, -0.2) is 8.42 Å². The van der Waals surface area contributed by atoms with E-state index in [1.165, 1.54) is 11.3 Å². The minimum atomic E-state index is -3.66. The first-order chi connectivity index (χ1) is 13.1. The smallest absolute Gasteiger partial charge is 0.250 e. The molecule has 0 aliphatic carbocycles. The number of hydrogen-bond donors (Lipinski definition) is 1. The first-order valence-electron chi connectivity index (χ1n) is 8.95. The third-order valence-electron chi connectivity index (χ3n) is 3.79. The summed E-state index contributed by atoms with van der Waals surface area (Å²) in [5.74, 6) is 1.01.